The smallest absolute Gasteiger partial charge is 0.179 e. The number of carbonyl (C=O) groups is 1. The molecule has 0 saturated heterocycles. The molecule has 0 heterocycles. The van der Waals surface area contributed by atoms with Crippen LogP contribution in [-0.4, -0.2) is 35.2 Å². The first-order chi connectivity index (χ1) is 8.43. The Hall–Kier alpha value is -1.56. The number of aryl methyl sites for hydroxylation is 1. The first-order valence-corrected chi connectivity index (χ1v) is 7.21. The summed E-state index contributed by atoms with van der Waals surface area (Å²) in [7, 11) is -0.560. The maximum Gasteiger partial charge on any atom is 0.179 e. The zero-order valence-electron chi connectivity index (χ0n) is 10.6. The predicted octanol–water partition coefficient (Wildman–Crippen LogP) is 1.24. The van der Waals surface area contributed by atoms with Crippen molar-refractivity contribution < 1.29 is 22.7 Å². The Morgan fingerprint density at radius 3 is 2.33 bits per heavy atom. The Kier molecular flexibility index (Phi) is 4.72. The van der Waals surface area contributed by atoms with E-state index in [0.717, 1.165) is 12.5 Å². The average molecular weight is 272 g/mol. The summed E-state index contributed by atoms with van der Waals surface area (Å²) < 4.78 is 33.6. The number of benzene rings is 1. The van der Waals surface area contributed by atoms with Crippen LogP contribution in [0.4, 0.5) is 0 Å². The third-order valence-corrected chi connectivity index (χ3v) is 3.58. The fourth-order valence-electron chi connectivity index (χ4n) is 1.66. The zero-order valence-corrected chi connectivity index (χ0v) is 11.4. The summed E-state index contributed by atoms with van der Waals surface area (Å²) in [5, 5.41) is 0. The molecule has 0 unspecified atom stereocenters. The summed E-state index contributed by atoms with van der Waals surface area (Å²) in [5.41, 5.74) is 0.643. The van der Waals surface area contributed by atoms with Gasteiger partial charge in [0.25, 0.3) is 0 Å². The predicted molar refractivity (Wildman–Crippen MR) is 67.0 cm³/mol. The lowest BCUT2D eigenvalue weighted by molar-refractivity contribution is -0.107. The van der Waals surface area contributed by atoms with Crippen molar-refractivity contribution in [2.75, 3.05) is 20.5 Å². The van der Waals surface area contributed by atoms with Crippen LogP contribution in [0.1, 0.15) is 12.0 Å². The summed E-state index contributed by atoms with van der Waals surface area (Å²) in [6.45, 7) is 0. The highest BCUT2D eigenvalue weighted by Gasteiger charge is 2.19. The standard InChI is InChI=1S/C12H16O5S/c1-16-10-7-9(5-4-6-13)12(17-2)11(8-10)18(3,14)15/h6-8H,4-5H2,1-3H3. The Morgan fingerprint density at radius 2 is 1.89 bits per heavy atom. The highest BCUT2D eigenvalue weighted by Crippen LogP contribution is 2.33. The van der Waals surface area contributed by atoms with E-state index in [-0.39, 0.29) is 10.6 Å². The van der Waals surface area contributed by atoms with Crippen LogP contribution >= 0.6 is 0 Å². The summed E-state index contributed by atoms with van der Waals surface area (Å²) in [4.78, 5) is 10.5. The molecule has 1 rings (SSSR count). The molecule has 1 aromatic rings. The number of rotatable bonds is 6. The summed E-state index contributed by atoms with van der Waals surface area (Å²) in [6, 6.07) is 3.09. The lowest BCUT2D eigenvalue weighted by Gasteiger charge is -2.14. The molecule has 0 fully saturated rings. The maximum atomic E-state index is 11.7. The normalized spacial score (nSPS) is 11.1. The van der Waals surface area contributed by atoms with E-state index in [2.05, 4.69) is 0 Å². The molecule has 0 aliphatic carbocycles. The summed E-state index contributed by atoms with van der Waals surface area (Å²) in [5.74, 6) is 0.706. The van der Waals surface area contributed by atoms with Crippen molar-refractivity contribution in [3.8, 4) is 11.5 Å². The van der Waals surface area contributed by atoms with E-state index >= 15 is 0 Å². The molecular formula is C12H16O5S. The Labute approximate surface area is 107 Å². The van der Waals surface area contributed by atoms with Gasteiger partial charge in [0.2, 0.25) is 0 Å². The van der Waals surface area contributed by atoms with Crippen molar-refractivity contribution in [1.82, 2.24) is 0 Å². The quantitative estimate of drug-likeness (QED) is 0.729. The van der Waals surface area contributed by atoms with Crippen LogP contribution in [0.5, 0.6) is 11.5 Å². The fraction of sp³-hybridized carbons (Fsp3) is 0.417. The largest absolute Gasteiger partial charge is 0.497 e. The van der Waals surface area contributed by atoms with Crippen LogP contribution in [0.25, 0.3) is 0 Å². The maximum absolute atomic E-state index is 11.7. The van der Waals surface area contributed by atoms with Gasteiger partial charge in [-0.3, -0.25) is 0 Å². The molecular weight excluding hydrogens is 256 g/mol. The van der Waals surface area contributed by atoms with Crippen molar-refractivity contribution in [1.29, 1.82) is 0 Å². The van der Waals surface area contributed by atoms with Crippen LogP contribution in [0.15, 0.2) is 17.0 Å². The molecule has 0 N–H and O–H groups in total. The second-order valence-electron chi connectivity index (χ2n) is 3.80. The van der Waals surface area contributed by atoms with Gasteiger partial charge in [-0.2, -0.15) is 0 Å². The topological polar surface area (TPSA) is 69.7 Å². The van der Waals surface area contributed by atoms with E-state index in [1.165, 1.54) is 20.3 Å². The van der Waals surface area contributed by atoms with Crippen LogP contribution in [0.3, 0.4) is 0 Å². The molecule has 0 saturated carbocycles. The molecule has 0 aromatic heterocycles. The Bertz CT molecular complexity index is 534. The van der Waals surface area contributed by atoms with Gasteiger partial charge >= 0.3 is 0 Å². The van der Waals surface area contributed by atoms with Crippen molar-refractivity contribution >= 4 is 16.1 Å². The SMILES string of the molecule is COc1cc(CCC=O)c(OC)c(S(C)(=O)=O)c1. The number of hydrogen-bond acceptors (Lipinski definition) is 5. The number of carbonyl (C=O) groups excluding carboxylic acids is 1. The van der Waals surface area contributed by atoms with Gasteiger partial charge in [-0.15, -0.1) is 0 Å². The molecule has 1 aromatic carbocycles. The molecule has 100 valence electrons. The van der Waals surface area contributed by atoms with Gasteiger partial charge in [-0.1, -0.05) is 0 Å². The Balaban J connectivity index is 3.44. The fourth-order valence-corrected chi connectivity index (χ4v) is 2.54. The highest BCUT2D eigenvalue weighted by molar-refractivity contribution is 7.90. The number of ether oxygens (including phenoxy) is 2. The van der Waals surface area contributed by atoms with Gasteiger partial charge in [-0.05, 0) is 18.1 Å². The van der Waals surface area contributed by atoms with Crippen molar-refractivity contribution in [3.63, 3.8) is 0 Å². The lowest BCUT2D eigenvalue weighted by atomic mass is 10.1. The molecule has 0 amide bonds. The molecule has 0 bridgehead atoms. The lowest BCUT2D eigenvalue weighted by Crippen LogP contribution is -2.05. The van der Waals surface area contributed by atoms with Crippen LogP contribution < -0.4 is 9.47 Å². The van der Waals surface area contributed by atoms with Gasteiger partial charge in [0.15, 0.2) is 9.84 Å². The minimum atomic E-state index is -3.42. The van der Waals surface area contributed by atoms with E-state index in [9.17, 15) is 13.2 Å². The molecule has 5 nitrogen and oxygen atoms in total. The summed E-state index contributed by atoms with van der Waals surface area (Å²) >= 11 is 0. The molecule has 0 aliphatic rings. The van der Waals surface area contributed by atoms with E-state index < -0.39 is 9.84 Å². The minimum Gasteiger partial charge on any atom is -0.497 e. The molecule has 0 spiro atoms. The monoisotopic (exact) mass is 272 g/mol. The second-order valence-corrected chi connectivity index (χ2v) is 5.78. The molecule has 0 radical (unpaired) electrons. The van der Waals surface area contributed by atoms with Crippen LogP contribution in [0, 0.1) is 0 Å². The zero-order chi connectivity index (χ0) is 13.8. The van der Waals surface area contributed by atoms with Gasteiger partial charge in [0.1, 0.15) is 22.7 Å². The number of hydrogen-bond donors (Lipinski definition) is 0. The first kappa shape index (κ1) is 14.5. The highest BCUT2D eigenvalue weighted by atomic mass is 32.2. The average Bonchev–Trinajstić information content (AvgIpc) is 2.33. The number of methoxy groups -OCH3 is 2. The minimum absolute atomic E-state index is 0.0743. The molecule has 0 atom stereocenters. The van der Waals surface area contributed by atoms with Crippen molar-refractivity contribution in [3.05, 3.63) is 17.7 Å². The van der Waals surface area contributed by atoms with Gasteiger partial charge in [-0.25, -0.2) is 8.42 Å². The van der Waals surface area contributed by atoms with Crippen LogP contribution in [0.2, 0.25) is 0 Å². The van der Waals surface area contributed by atoms with Gasteiger partial charge in [0.05, 0.1) is 14.2 Å². The van der Waals surface area contributed by atoms with Crippen LogP contribution in [-0.2, 0) is 21.1 Å². The summed E-state index contributed by atoms with van der Waals surface area (Å²) in [6.07, 6.45) is 2.59. The van der Waals surface area contributed by atoms with Gasteiger partial charge in [0, 0.05) is 18.7 Å². The third-order valence-electron chi connectivity index (χ3n) is 2.48. The number of aldehydes is 1. The molecule has 0 aliphatic heterocycles. The van der Waals surface area contributed by atoms with E-state index in [1.54, 1.807) is 6.07 Å². The van der Waals surface area contributed by atoms with E-state index in [0.29, 0.717) is 24.2 Å². The van der Waals surface area contributed by atoms with E-state index in [1.807, 2.05) is 0 Å². The first-order valence-electron chi connectivity index (χ1n) is 5.32. The second kappa shape index (κ2) is 5.86. The van der Waals surface area contributed by atoms with Crippen molar-refractivity contribution in [2.45, 2.75) is 17.7 Å². The van der Waals surface area contributed by atoms with E-state index in [4.69, 9.17) is 9.47 Å². The molecule has 18 heavy (non-hydrogen) atoms. The third kappa shape index (κ3) is 3.22. The Morgan fingerprint density at radius 1 is 1.22 bits per heavy atom. The number of sulfone groups is 1. The molecule has 6 heteroatoms. The van der Waals surface area contributed by atoms with Crippen molar-refractivity contribution in [2.24, 2.45) is 0 Å². The van der Waals surface area contributed by atoms with Gasteiger partial charge < -0.3 is 14.3 Å².